The third kappa shape index (κ3) is 3.37. The van der Waals surface area contributed by atoms with Crippen molar-refractivity contribution in [1.82, 2.24) is 4.90 Å². The van der Waals surface area contributed by atoms with Crippen LogP contribution in [-0.2, 0) is 4.79 Å². The third-order valence-corrected chi connectivity index (χ3v) is 2.66. The van der Waals surface area contributed by atoms with Gasteiger partial charge in [-0.3, -0.25) is 4.79 Å². The van der Waals surface area contributed by atoms with Crippen LogP contribution in [0.4, 0.5) is 0 Å². The second-order valence-corrected chi connectivity index (χ2v) is 4.03. The predicted octanol–water partition coefficient (Wildman–Crippen LogP) is 1.94. The molecule has 3 heteroatoms. The molecule has 0 aromatic heterocycles. The van der Waals surface area contributed by atoms with Gasteiger partial charge in [0.15, 0.2) is 0 Å². The second kappa shape index (κ2) is 5.64. The van der Waals surface area contributed by atoms with Crippen LogP contribution in [0.2, 0.25) is 0 Å². The quantitative estimate of drug-likeness (QED) is 0.674. The van der Waals surface area contributed by atoms with E-state index in [0.717, 1.165) is 25.9 Å². The van der Waals surface area contributed by atoms with Gasteiger partial charge in [0.1, 0.15) is 0 Å². The van der Waals surface area contributed by atoms with E-state index in [4.69, 9.17) is 5.26 Å². The van der Waals surface area contributed by atoms with Crippen molar-refractivity contribution in [1.29, 1.82) is 5.26 Å². The van der Waals surface area contributed by atoms with E-state index in [-0.39, 0.29) is 11.8 Å². The van der Waals surface area contributed by atoms with Crippen molar-refractivity contribution in [2.75, 3.05) is 13.1 Å². The van der Waals surface area contributed by atoms with Gasteiger partial charge in [0, 0.05) is 19.5 Å². The molecule has 1 rings (SSSR count). The minimum Gasteiger partial charge on any atom is -0.343 e. The van der Waals surface area contributed by atoms with E-state index in [9.17, 15) is 4.79 Å². The van der Waals surface area contributed by atoms with Crippen LogP contribution in [0, 0.1) is 17.2 Å². The fourth-order valence-corrected chi connectivity index (χ4v) is 1.76. The highest BCUT2D eigenvalue weighted by Crippen LogP contribution is 2.12. The van der Waals surface area contributed by atoms with Gasteiger partial charge in [0.05, 0.1) is 12.0 Å². The Morgan fingerprint density at radius 2 is 1.93 bits per heavy atom. The summed E-state index contributed by atoms with van der Waals surface area (Å²) in [5.41, 5.74) is 0. The van der Waals surface area contributed by atoms with Crippen LogP contribution in [0.1, 0.15) is 39.0 Å². The summed E-state index contributed by atoms with van der Waals surface area (Å²) in [6, 6.07) is 2.10. The summed E-state index contributed by atoms with van der Waals surface area (Å²) in [4.78, 5) is 13.6. The summed E-state index contributed by atoms with van der Waals surface area (Å²) in [5.74, 6) is 0.00621. The summed E-state index contributed by atoms with van der Waals surface area (Å²) < 4.78 is 0. The number of rotatable bonds is 2. The smallest absolute Gasteiger partial charge is 0.223 e. The van der Waals surface area contributed by atoms with E-state index in [1.165, 1.54) is 12.8 Å². The summed E-state index contributed by atoms with van der Waals surface area (Å²) >= 11 is 0. The van der Waals surface area contributed by atoms with Crippen LogP contribution in [-0.4, -0.2) is 23.9 Å². The van der Waals surface area contributed by atoms with E-state index in [1.54, 1.807) is 6.92 Å². The normalized spacial score (nSPS) is 19.6. The maximum absolute atomic E-state index is 11.7. The number of carbonyl (C=O) groups excluding carboxylic acids is 1. The summed E-state index contributed by atoms with van der Waals surface area (Å²) in [6.45, 7) is 3.57. The molecular weight excluding hydrogens is 176 g/mol. The lowest BCUT2D eigenvalue weighted by Crippen LogP contribution is -2.32. The van der Waals surface area contributed by atoms with E-state index >= 15 is 0 Å². The van der Waals surface area contributed by atoms with Gasteiger partial charge in [-0.2, -0.15) is 5.26 Å². The number of carbonyl (C=O) groups is 1. The van der Waals surface area contributed by atoms with Crippen LogP contribution in [0.5, 0.6) is 0 Å². The number of hydrogen-bond donors (Lipinski definition) is 0. The Hall–Kier alpha value is -1.04. The first-order chi connectivity index (χ1) is 6.74. The number of nitrogens with zero attached hydrogens (tertiary/aromatic N) is 2. The Bertz CT molecular complexity index is 224. The van der Waals surface area contributed by atoms with Crippen LogP contribution in [0.3, 0.4) is 0 Å². The van der Waals surface area contributed by atoms with Crippen molar-refractivity contribution < 1.29 is 4.79 Å². The van der Waals surface area contributed by atoms with Crippen molar-refractivity contribution in [3.8, 4) is 6.07 Å². The van der Waals surface area contributed by atoms with E-state index in [0.29, 0.717) is 6.42 Å². The molecule has 0 N–H and O–H groups in total. The Labute approximate surface area is 85.7 Å². The van der Waals surface area contributed by atoms with Crippen molar-refractivity contribution >= 4 is 5.91 Å². The molecule has 14 heavy (non-hydrogen) atoms. The van der Waals surface area contributed by atoms with E-state index < -0.39 is 0 Å². The first-order valence-electron chi connectivity index (χ1n) is 5.41. The molecule has 0 aromatic rings. The van der Waals surface area contributed by atoms with Crippen LogP contribution < -0.4 is 0 Å². The van der Waals surface area contributed by atoms with Gasteiger partial charge < -0.3 is 4.90 Å². The largest absolute Gasteiger partial charge is 0.343 e. The van der Waals surface area contributed by atoms with Gasteiger partial charge in [-0.25, -0.2) is 0 Å². The van der Waals surface area contributed by atoms with Gasteiger partial charge in [-0.15, -0.1) is 0 Å². The molecular formula is C11H18N2O. The molecule has 1 aliphatic rings. The highest BCUT2D eigenvalue weighted by atomic mass is 16.2. The lowest BCUT2D eigenvalue weighted by atomic mass is 10.1. The van der Waals surface area contributed by atoms with E-state index in [1.807, 2.05) is 4.90 Å². The maximum Gasteiger partial charge on any atom is 0.223 e. The maximum atomic E-state index is 11.7. The predicted molar refractivity (Wildman–Crippen MR) is 54.4 cm³/mol. The number of likely N-dealkylation sites (tertiary alicyclic amines) is 1. The Kier molecular flexibility index (Phi) is 4.45. The Morgan fingerprint density at radius 3 is 2.43 bits per heavy atom. The van der Waals surface area contributed by atoms with Crippen molar-refractivity contribution in [2.24, 2.45) is 5.92 Å². The fraction of sp³-hybridized carbons (Fsp3) is 0.818. The molecule has 0 aliphatic carbocycles. The average Bonchev–Trinajstić information content (AvgIpc) is 2.45. The van der Waals surface area contributed by atoms with Crippen molar-refractivity contribution in [3.63, 3.8) is 0 Å². The number of hydrogen-bond acceptors (Lipinski definition) is 2. The minimum absolute atomic E-state index is 0.147. The zero-order valence-corrected chi connectivity index (χ0v) is 8.83. The summed E-state index contributed by atoms with van der Waals surface area (Å²) in [7, 11) is 0. The van der Waals surface area contributed by atoms with Gasteiger partial charge >= 0.3 is 0 Å². The number of nitriles is 1. The number of amides is 1. The first kappa shape index (κ1) is 11.0. The zero-order valence-electron chi connectivity index (χ0n) is 8.83. The Balaban J connectivity index is 2.38. The topological polar surface area (TPSA) is 44.1 Å². The molecule has 1 amide bonds. The highest BCUT2D eigenvalue weighted by Gasteiger charge is 2.17. The van der Waals surface area contributed by atoms with Crippen LogP contribution >= 0.6 is 0 Å². The molecule has 1 aliphatic heterocycles. The molecule has 1 saturated heterocycles. The Morgan fingerprint density at radius 1 is 1.36 bits per heavy atom. The molecule has 1 unspecified atom stereocenters. The fourth-order valence-electron chi connectivity index (χ4n) is 1.76. The zero-order chi connectivity index (χ0) is 10.4. The molecule has 0 spiro atoms. The van der Waals surface area contributed by atoms with Gasteiger partial charge in [0.2, 0.25) is 5.91 Å². The lowest BCUT2D eigenvalue weighted by Gasteiger charge is -2.20. The minimum atomic E-state index is -0.147. The standard InChI is InChI=1S/C11H18N2O/c1-10(9-12)8-11(14)13-6-4-2-3-5-7-13/h10H,2-8H2,1H3. The molecule has 78 valence electrons. The molecule has 0 radical (unpaired) electrons. The van der Waals surface area contributed by atoms with Gasteiger partial charge in [-0.1, -0.05) is 12.8 Å². The second-order valence-electron chi connectivity index (χ2n) is 4.03. The molecule has 0 saturated carbocycles. The molecule has 0 aromatic carbocycles. The van der Waals surface area contributed by atoms with Gasteiger partial charge in [-0.05, 0) is 19.8 Å². The average molecular weight is 194 g/mol. The molecule has 3 nitrogen and oxygen atoms in total. The van der Waals surface area contributed by atoms with Gasteiger partial charge in [0.25, 0.3) is 0 Å². The lowest BCUT2D eigenvalue weighted by molar-refractivity contribution is -0.131. The van der Waals surface area contributed by atoms with E-state index in [2.05, 4.69) is 6.07 Å². The van der Waals surface area contributed by atoms with Crippen molar-refractivity contribution in [3.05, 3.63) is 0 Å². The monoisotopic (exact) mass is 194 g/mol. The third-order valence-electron chi connectivity index (χ3n) is 2.66. The molecule has 0 bridgehead atoms. The summed E-state index contributed by atoms with van der Waals surface area (Å²) in [5, 5.41) is 8.62. The molecule has 1 atom stereocenters. The molecule has 1 heterocycles. The van der Waals surface area contributed by atoms with Crippen LogP contribution in [0.25, 0.3) is 0 Å². The van der Waals surface area contributed by atoms with Crippen LogP contribution in [0.15, 0.2) is 0 Å². The van der Waals surface area contributed by atoms with Crippen molar-refractivity contribution in [2.45, 2.75) is 39.0 Å². The highest BCUT2D eigenvalue weighted by molar-refractivity contribution is 5.76. The summed E-state index contributed by atoms with van der Waals surface area (Å²) in [6.07, 6.45) is 5.09. The molecule has 1 fully saturated rings. The SMILES string of the molecule is CC(C#N)CC(=O)N1CCCCCC1. The first-order valence-corrected chi connectivity index (χ1v) is 5.41.